The average molecular weight is 274 g/mol. The van der Waals surface area contributed by atoms with Crippen LogP contribution in [-0.2, 0) is 4.79 Å². The van der Waals surface area contributed by atoms with E-state index in [0.29, 0.717) is 17.1 Å². The number of nitrogens with two attached hydrogens (primary N) is 2. The highest BCUT2D eigenvalue weighted by molar-refractivity contribution is 8.09. The zero-order valence-corrected chi connectivity index (χ0v) is 11.2. The van der Waals surface area contributed by atoms with Gasteiger partial charge in [-0.1, -0.05) is 18.2 Å². The van der Waals surface area contributed by atoms with E-state index in [0.717, 1.165) is 23.2 Å². The Morgan fingerprint density at radius 1 is 1.05 bits per heavy atom. The molecule has 19 heavy (non-hydrogen) atoms. The summed E-state index contributed by atoms with van der Waals surface area (Å²) in [6, 6.07) is 12.9. The SMILES string of the molecule is CC(=O)SOc1cc(-c2ccc(N)cc2)ccc1N. The van der Waals surface area contributed by atoms with Crippen molar-refractivity contribution < 1.29 is 8.98 Å². The Hall–Kier alpha value is -2.14. The number of carbonyl (C=O) groups excluding carboxylic acids is 1. The molecular weight excluding hydrogens is 260 g/mol. The molecule has 4 nitrogen and oxygen atoms in total. The highest BCUT2D eigenvalue weighted by Gasteiger charge is 2.06. The summed E-state index contributed by atoms with van der Waals surface area (Å²) in [7, 11) is 0. The van der Waals surface area contributed by atoms with Crippen molar-refractivity contribution in [3.63, 3.8) is 0 Å². The smallest absolute Gasteiger partial charge is 0.224 e. The second-order valence-corrected chi connectivity index (χ2v) is 4.94. The number of hydrogen-bond acceptors (Lipinski definition) is 5. The Morgan fingerprint density at radius 3 is 2.32 bits per heavy atom. The van der Waals surface area contributed by atoms with Crippen LogP contribution in [0.1, 0.15) is 6.92 Å². The molecule has 2 rings (SSSR count). The summed E-state index contributed by atoms with van der Waals surface area (Å²) in [6.45, 7) is 1.44. The predicted octanol–water partition coefficient (Wildman–Crippen LogP) is 3.09. The fourth-order valence-corrected chi connectivity index (χ4v) is 1.92. The first kappa shape index (κ1) is 13.3. The third-order valence-electron chi connectivity index (χ3n) is 2.51. The molecule has 4 N–H and O–H groups in total. The minimum Gasteiger partial charge on any atom is -0.415 e. The van der Waals surface area contributed by atoms with Gasteiger partial charge in [-0.15, -0.1) is 0 Å². The van der Waals surface area contributed by atoms with Crippen molar-refractivity contribution in [3.8, 4) is 16.9 Å². The molecule has 2 aromatic rings. The van der Waals surface area contributed by atoms with E-state index in [1.165, 1.54) is 6.92 Å². The summed E-state index contributed by atoms with van der Waals surface area (Å²) < 4.78 is 5.30. The van der Waals surface area contributed by atoms with Gasteiger partial charge in [-0.3, -0.25) is 4.79 Å². The standard InChI is InChI=1S/C14H14N2O2S/c1-9(17)19-18-14-8-11(4-7-13(14)16)10-2-5-12(15)6-3-10/h2-8H,15-16H2,1H3. The summed E-state index contributed by atoms with van der Waals surface area (Å²) in [5, 5.41) is -0.128. The Kier molecular flexibility index (Phi) is 3.97. The van der Waals surface area contributed by atoms with E-state index >= 15 is 0 Å². The van der Waals surface area contributed by atoms with Crippen LogP contribution in [0.5, 0.6) is 5.75 Å². The van der Waals surface area contributed by atoms with Crippen LogP contribution in [0.3, 0.4) is 0 Å². The lowest BCUT2D eigenvalue weighted by molar-refractivity contribution is -0.109. The van der Waals surface area contributed by atoms with Gasteiger partial charge >= 0.3 is 0 Å². The number of nitrogen functional groups attached to an aromatic ring is 2. The van der Waals surface area contributed by atoms with Gasteiger partial charge in [-0.05, 0) is 35.4 Å². The molecule has 0 heterocycles. The monoisotopic (exact) mass is 274 g/mol. The molecule has 5 heteroatoms. The van der Waals surface area contributed by atoms with Gasteiger partial charge in [0.25, 0.3) is 0 Å². The lowest BCUT2D eigenvalue weighted by atomic mass is 10.0. The minimum atomic E-state index is -0.128. The first-order chi connectivity index (χ1) is 9.06. The molecule has 0 amide bonds. The maximum Gasteiger partial charge on any atom is 0.224 e. The number of rotatable bonds is 3. The van der Waals surface area contributed by atoms with Crippen LogP contribution in [-0.4, -0.2) is 5.12 Å². The highest BCUT2D eigenvalue weighted by Crippen LogP contribution is 2.31. The summed E-state index contributed by atoms with van der Waals surface area (Å²) >= 11 is 0.766. The molecule has 98 valence electrons. The van der Waals surface area contributed by atoms with Crippen LogP contribution in [0.4, 0.5) is 11.4 Å². The molecule has 0 radical (unpaired) electrons. The Bertz CT molecular complexity index is 597. The quantitative estimate of drug-likeness (QED) is 0.664. The molecule has 0 bridgehead atoms. The number of anilines is 2. The maximum absolute atomic E-state index is 10.9. The Labute approximate surface area is 116 Å². The lowest BCUT2D eigenvalue weighted by Crippen LogP contribution is -1.94. The average Bonchev–Trinajstić information content (AvgIpc) is 2.39. The fraction of sp³-hybridized carbons (Fsp3) is 0.0714. The molecule has 0 aliphatic heterocycles. The van der Waals surface area contributed by atoms with Gasteiger partial charge in [-0.25, -0.2) is 0 Å². The minimum absolute atomic E-state index is 0.128. The molecule has 0 saturated carbocycles. The second-order valence-electron chi connectivity index (χ2n) is 4.03. The molecule has 0 aliphatic rings. The van der Waals surface area contributed by atoms with Crippen molar-refractivity contribution in [2.75, 3.05) is 11.5 Å². The third-order valence-corrected chi connectivity index (χ3v) is 3.00. The van der Waals surface area contributed by atoms with Crippen LogP contribution < -0.4 is 15.7 Å². The Balaban J connectivity index is 2.29. The number of benzene rings is 2. The molecule has 0 saturated heterocycles. The maximum atomic E-state index is 10.9. The van der Waals surface area contributed by atoms with Crippen LogP contribution in [0.15, 0.2) is 42.5 Å². The van der Waals surface area contributed by atoms with Gasteiger partial charge in [-0.2, -0.15) is 0 Å². The Morgan fingerprint density at radius 2 is 1.68 bits per heavy atom. The molecule has 0 aliphatic carbocycles. The second kappa shape index (κ2) is 5.67. The van der Waals surface area contributed by atoms with Crippen molar-refractivity contribution in [1.29, 1.82) is 0 Å². The third kappa shape index (κ3) is 3.42. The zero-order valence-electron chi connectivity index (χ0n) is 10.4. The largest absolute Gasteiger partial charge is 0.415 e. The van der Waals surface area contributed by atoms with Gasteiger partial charge in [0.2, 0.25) is 5.12 Å². The van der Waals surface area contributed by atoms with Crippen LogP contribution >= 0.6 is 12.0 Å². The van der Waals surface area contributed by atoms with Gasteiger partial charge < -0.3 is 15.7 Å². The fourth-order valence-electron chi connectivity index (χ4n) is 1.57. The molecule has 2 aromatic carbocycles. The van der Waals surface area contributed by atoms with E-state index in [9.17, 15) is 4.79 Å². The van der Waals surface area contributed by atoms with Crippen LogP contribution in [0, 0.1) is 0 Å². The van der Waals surface area contributed by atoms with Crippen molar-refractivity contribution in [3.05, 3.63) is 42.5 Å². The number of hydrogen-bond donors (Lipinski definition) is 2. The van der Waals surface area contributed by atoms with Crippen molar-refractivity contribution in [2.45, 2.75) is 6.92 Å². The molecule has 0 unspecified atom stereocenters. The van der Waals surface area contributed by atoms with E-state index < -0.39 is 0 Å². The predicted molar refractivity (Wildman–Crippen MR) is 79.6 cm³/mol. The first-order valence-corrected chi connectivity index (χ1v) is 6.41. The molecule has 0 aromatic heterocycles. The molecule has 0 spiro atoms. The topological polar surface area (TPSA) is 78.3 Å². The van der Waals surface area contributed by atoms with Crippen LogP contribution in [0.25, 0.3) is 11.1 Å². The molecule has 0 fully saturated rings. The lowest BCUT2D eigenvalue weighted by Gasteiger charge is -2.08. The summed E-state index contributed by atoms with van der Waals surface area (Å²) in [6.07, 6.45) is 0. The summed E-state index contributed by atoms with van der Waals surface area (Å²) in [4.78, 5) is 10.9. The first-order valence-electron chi connectivity index (χ1n) is 5.67. The van der Waals surface area contributed by atoms with Gasteiger partial charge in [0, 0.05) is 12.6 Å². The van der Waals surface area contributed by atoms with E-state index in [1.807, 2.05) is 30.3 Å². The number of carbonyl (C=O) groups is 1. The summed E-state index contributed by atoms with van der Waals surface area (Å²) in [5.41, 5.74) is 14.6. The van der Waals surface area contributed by atoms with Gasteiger partial charge in [0.15, 0.2) is 5.75 Å². The van der Waals surface area contributed by atoms with Gasteiger partial charge in [0.05, 0.1) is 5.69 Å². The van der Waals surface area contributed by atoms with E-state index in [-0.39, 0.29) is 5.12 Å². The van der Waals surface area contributed by atoms with Gasteiger partial charge in [0.1, 0.15) is 12.0 Å². The van der Waals surface area contributed by atoms with Crippen molar-refractivity contribution in [2.24, 2.45) is 0 Å². The van der Waals surface area contributed by atoms with E-state index in [4.69, 9.17) is 15.7 Å². The van der Waals surface area contributed by atoms with E-state index in [1.54, 1.807) is 12.1 Å². The van der Waals surface area contributed by atoms with E-state index in [2.05, 4.69) is 0 Å². The normalized spacial score (nSPS) is 10.2. The van der Waals surface area contributed by atoms with Crippen LogP contribution in [0.2, 0.25) is 0 Å². The molecular formula is C14H14N2O2S. The van der Waals surface area contributed by atoms with Crippen molar-refractivity contribution >= 4 is 28.5 Å². The highest BCUT2D eigenvalue weighted by atomic mass is 32.2. The van der Waals surface area contributed by atoms with Crippen molar-refractivity contribution in [1.82, 2.24) is 0 Å². The molecule has 0 atom stereocenters. The zero-order chi connectivity index (χ0) is 13.8. The summed E-state index contributed by atoms with van der Waals surface area (Å²) in [5.74, 6) is 0.481.